The number of nitrogens with zero attached hydrogens (tertiary/aromatic N) is 2. The second kappa shape index (κ2) is 7.51. The van der Waals surface area contributed by atoms with Crippen LogP contribution < -0.4 is 5.73 Å². The number of hydrogen-bond donors (Lipinski definition) is 1. The Morgan fingerprint density at radius 2 is 1.62 bits per heavy atom. The van der Waals surface area contributed by atoms with Gasteiger partial charge in [-0.25, -0.2) is 0 Å². The Kier molecular flexibility index (Phi) is 5.78. The summed E-state index contributed by atoms with van der Waals surface area (Å²) >= 11 is 0. The molecule has 0 spiro atoms. The fourth-order valence-electron chi connectivity index (χ4n) is 6.10. The van der Waals surface area contributed by atoms with E-state index < -0.39 is 0 Å². The molecule has 2 saturated carbocycles. The van der Waals surface area contributed by atoms with Crippen LogP contribution in [-0.4, -0.2) is 54.5 Å². The molecule has 5 heteroatoms. The highest BCUT2D eigenvalue weighted by Gasteiger charge is 2.43. The minimum absolute atomic E-state index is 0. The minimum atomic E-state index is 0. The first-order valence-electron chi connectivity index (χ1n) is 9.88. The molecule has 4 rings (SSSR count). The Bertz CT molecular complexity index is 446. The summed E-state index contributed by atoms with van der Waals surface area (Å²) in [7, 11) is 2.26. The molecule has 4 atom stereocenters. The van der Waals surface area contributed by atoms with Gasteiger partial charge in [0, 0.05) is 31.1 Å². The number of piperidine rings is 2. The topological polar surface area (TPSA) is 49.6 Å². The fraction of sp³-hybridized carbons (Fsp3) is 0.947. The maximum atomic E-state index is 13.1. The van der Waals surface area contributed by atoms with Crippen molar-refractivity contribution in [1.82, 2.24) is 9.80 Å². The molecule has 2 heterocycles. The summed E-state index contributed by atoms with van der Waals surface area (Å²) in [6.45, 7) is 3.22. The first-order chi connectivity index (χ1) is 11.1. The van der Waals surface area contributed by atoms with E-state index in [0.717, 1.165) is 25.9 Å². The van der Waals surface area contributed by atoms with Gasteiger partial charge in [0.2, 0.25) is 5.91 Å². The number of carbonyl (C=O) groups excluding carboxylic acids is 1. The van der Waals surface area contributed by atoms with E-state index in [1.54, 1.807) is 0 Å². The zero-order chi connectivity index (χ0) is 16.0. The van der Waals surface area contributed by atoms with Gasteiger partial charge in [-0.2, -0.15) is 0 Å². The van der Waals surface area contributed by atoms with Crippen molar-refractivity contribution in [3.63, 3.8) is 0 Å². The predicted octanol–water partition coefficient (Wildman–Crippen LogP) is 2.50. The molecule has 0 aromatic carbocycles. The standard InChI is InChI=1S/C19H33N3O.ClH/c1-21-8-3-6-15-12-22(9-7-17(15)21)19(23)16-10-13-4-2-5-14(11-16)18(13)20;/h13-18H,2-12,20H2,1H3;1H. The molecule has 2 aliphatic carbocycles. The molecular formula is C19H34ClN3O. The monoisotopic (exact) mass is 355 g/mol. The molecule has 2 N–H and O–H groups in total. The summed E-state index contributed by atoms with van der Waals surface area (Å²) in [5, 5.41) is 0. The number of hydrogen-bond acceptors (Lipinski definition) is 3. The molecule has 2 aliphatic heterocycles. The highest BCUT2D eigenvalue weighted by molar-refractivity contribution is 5.85. The van der Waals surface area contributed by atoms with Crippen LogP contribution in [0.4, 0.5) is 0 Å². The van der Waals surface area contributed by atoms with Crippen LogP contribution in [0.1, 0.15) is 51.4 Å². The summed E-state index contributed by atoms with van der Waals surface area (Å²) in [6, 6.07) is 1.08. The van der Waals surface area contributed by atoms with Gasteiger partial charge in [-0.3, -0.25) is 4.79 Å². The van der Waals surface area contributed by atoms with Gasteiger partial charge >= 0.3 is 0 Å². The van der Waals surface area contributed by atoms with Crippen molar-refractivity contribution in [3.05, 3.63) is 0 Å². The van der Waals surface area contributed by atoms with E-state index in [2.05, 4.69) is 16.8 Å². The maximum Gasteiger partial charge on any atom is 0.225 e. The lowest BCUT2D eigenvalue weighted by Crippen LogP contribution is -2.56. The Labute approximate surface area is 152 Å². The molecule has 0 aromatic rings. The van der Waals surface area contributed by atoms with E-state index in [-0.39, 0.29) is 18.3 Å². The molecule has 0 aromatic heterocycles. The molecule has 4 aliphatic rings. The number of likely N-dealkylation sites (tertiary alicyclic amines) is 2. The maximum absolute atomic E-state index is 13.1. The number of halogens is 1. The van der Waals surface area contributed by atoms with Gasteiger partial charge in [0.05, 0.1) is 0 Å². The van der Waals surface area contributed by atoms with Crippen LogP contribution in [0.3, 0.4) is 0 Å². The molecule has 4 unspecified atom stereocenters. The Morgan fingerprint density at radius 3 is 2.33 bits per heavy atom. The van der Waals surface area contributed by atoms with Crippen molar-refractivity contribution in [2.45, 2.75) is 63.5 Å². The summed E-state index contributed by atoms with van der Waals surface area (Å²) in [5.41, 5.74) is 6.40. The van der Waals surface area contributed by atoms with Gasteiger partial charge in [0.1, 0.15) is 0 Å². The highest BCUT2D eigenvalue weighted by Crippen LogP contribution is 2.43. The normalized spacial score (nSPS) is 42.8. The van der Waals surface area contributed by atoms with E-state index in [1.165, 1.54) is 45.1 Å². The van der Waals surface area contributed by atoms with Crippen molar-refractivity contribution in [3.8, 4) is 0 Å². The van der Waals surface area contributed by atoms with Crippen LogP contribution in [0.25, 0.3) is 0 Å². The van der Waals surface area contributed by atoms with Crippen molar-refractivity contribution in [2.75, 3.05) is 26.7 Å². The molecule has 4 nitrogen and oxygen atoms in total. The smallest absolute Gasteiger partial charge is 0.225 e. The average Bonchev–Trinajstić information content (AvgIpc) is 2.54. The summed E-state index contributed by atoms with van der Waals surface area (Å²) in [5.74, 6) is 2.64. The number of fused-ring (bicyclic) bond motifs is 3. The first kappa shape index (κ1) is 18.5. The van der Waals surface area contributed by atoms with Crippen LogP contribution >= 0.6 is 12.4 Å². The van der Waals surface area contributed by atoms with Crippen LogP contribution in [0.15, 0.2) is 0 Å². The molecule has 2 saturated heterocycles. The largest absolute Gasteiger partial charge is 0.342 e. The van der Waals surface area contributed by atoms with E-state index in [4.69, 9.17) is 5.73 Å². The van der Waals surface area contributed by atoms with Gasteiger partial charge in [-0.15, -0.1) is 12.4 Å². The zero-order valence-corrected chi connectivity index (χ0v) is 15.8. The number of nitrogens with two attached hydrogens (primary N) is 1. The lowest BCUT2D eigenvalue weighted by Gasteiger charge is -2.48. The third kappa shape index (κ3) is 3.34. The fourth-order valence-corrected chi connectivity index (χ4v) is 6.10. The average molecular weight is 356 g/mol. The second-order valence-electron chi connectivity index (χ2n) is 8.72. The Hall–Kier alpha value is -0.320. The number of rotatable bonds is 1. The van der Waals surface area contributed by atoms with Crippen LogP contribution in [0, 0.1) is 23.7 Å². The zero-order valence-electron chi connectivity index (χ0n) is 15.0. The summed E-state index contributed by atoms with van der Waals surface area (Å²) in [4.78, 5) is 17.9. The summed E-state index contributed by atoms with van der Waals surface area (Å²) in [6.07, 6.45) is 9.70. The van der Waals surface area contributed by atoms with Gasteiger partial charge in [-0.1, -0.05) is 6.42 Å². The SMILES string of the molecule is CN1CCCC2CN(C(=O)C3CC4CCCC(C3)C4N)CCC21.Cl. The predicted molar refractivity (Wildman–Crippen MR) is 99.1 cm³/mol. The molecule has 0 radical (unpaired) electrons. The number of carbonyl (C=O) groups is 1. The van der Waals surface area contributed by atoms with Crippen molar-refractivity contribution in [2.24, 2.45) is 29.4 Å². The van der Waals surface area contributed by atoms with E-state index in [0.29, 0.717) is 35.7 Å². The highest BCUT2D eigenvalue weighted by atomic mass is 35.5. The van der Waals surface area contributed by atoms with E-state index in [1.807, 2.05) is 0 Å². The lowest BCUT2D eigenvalue weighted by molar-refractivity contribution is -0.142. The van der Waals surface area contributed by atoms with Crippen molar-refractivity contribution < 1.29 is 4.79 Å². The van der Waals surface area contributed by atoms with Gasteiger partial charge in [0.25, 0.3) is 0 Å². The third-order valence-corrected chi connectivity index (χ3v) is 7.42. The molecule has 24 heavy (non-hydrogen) atoms. The van der Waals surface area contributed by atoms with E-state index in [9.17, 15) is 4.79 Å². The Morgan fingerprint density at radius 1 is 0.958 bits per heavy atom. The molecule has 4 fully saturated rings. The molecule has 2 bridgehead atoms. The Balaban J connectivity index is 0.00000169. The van der Waals surface area contributed by atoms with Crippen LogP contribution in [0.2, 0.25) is 0 Å². The molecular weight excluding hydrogens is 322 g/mol. The first-order valence-corrected chi connectivity index (χ1v) is 9.88. The van der Waals surface area contributed by atoms with Gasteiger partial charge in [0.15, 0.2) is 0 Å². The molecule has 138 valence electrons. The second-order valence-corrected chi connectivity index (χ2v) is 8.72. The summed E-state index contributed by atoms with van der Waals surface area (Å²) < 4.78 is 0. The van der Waals surface area contributed by atoms with Gasteiger partial charge in [-0.05, 0) is 76.3 Å². The molecule has 1 amide bonds. The lowest BCUT2D eigenvalue weighted by atomic mass is 9.64. The van der Waals surface area contributed by atoms with Crippen molar-refractivity contribution >= 4 is 18.3 Å². The van der Waals surface area contributed by atoms with Crippen LogP contribution in [-0.2, 0) is 4.79 Å². The van der Waals surface area contributed by atoms with Crippen LogP contribution in [0.5, 0.6) is 0 Å². The van der Waals surface area contributed by atoms with Gasteiger partial charge < -0.3 is 15.5 Å². The number of amides is 1. The quantitative estimate of drug-likeness (QED) is 0.786. The van der Waals surface area contributed by atoms with Crippen molar-refractivity contribution in [1.29, 1.82) is 0 Å². The third-order valence-electron chi connectivity index (χ3n) is 7.42. The van der Waals surface area contributed by atoms with E-state index >= 15 is 0 Å². The minimum Gasteiger partial charge on any atom is -0.342 e.